The lowest BCUT2D eigenvalue weighted by atomic mass is 9.79. The van der Waals surface area contributed by atoms with Gasteiger partial charge >= 0.3 is 0 Å². The fourth-order valence-corrected chi connectivity index (χ4v) is 4.11. The molecule has 168 valence electrons. The first-order valence-electron chi connectivity index (χ1n) is 11.1. The van der Waals surface area contributed by atoms with Gasteiger partial charge in [0.1, 0.15) is 24.7 Å². The summed E-state index contributed by atoms with van der Waals surface area (Å²) in [4.78, 5) is 0. The van der Waals surface area contributed by atoms with Crippen molar-refractivity contribution in [2.75, 3.05) is 39.6 Å². The first kappa shape index (κ1) is 22.1. The van der Waals surface area contributed by atoms with Gasteiger partial charge in [-0.2, -0.15) is 0 Å². The number of ether oxygens (including phenoxy) is 5. The van der Waals surface area contributed by atoms with Gasteiger partial charge in [-0.15, -0.1) is 0 Å². The lowest BCUT2D eigenvalue weighted by Gasteiger charge is -2.44. The second-order valence-electron chi connectivity index (χ2n) is 9.81. The van der Waals surface area contributed by atoms with Crippen LogP contribution in [0.3, 0.4) is 0 Å². The Kier molecular flexibility index (Phi) is 6.56. The van der Waals surface area contributed by atoms with E-state index in [-0.39, 0.29) is 23.0 Å². The Bertz CT molecular complexity index is 770. The van der Waals surface area contributed by atoms with E-state index >= 15 is 0 Å². The molecular formula is C26H34O5. The maximum Gasteiger partial charge on any atom is 0.119 e. The maximum atomic E-state index is 5.76. The minimum atomic E-state index is 0.180. The molecule has 2 heterocycles. The van der Waals surface area contributed by atoms with Gasteiger partial charge in [0.05, 0.1) is 38.6 Å². The molecule has 0 bridgehead atoms. The molecule has 2 saturated heterocycles. The Balaban J connectivity index is 1.09. The van der Waals surface area contributed by atoms with E-state index in [1.807, 2.05) is 24.3 Å². The molecule has 2 fully saturated rings. The molecule has 5 heteroatoms. The van der Waals surface area contributed by atoms with Crippen molar-refractivity contribution in [3.8, 4) is 11.5 Å². The molecular weight excluding hydrogens is 392 g/mol. The summed E-state index contributed by atoms with van der Waals surface area (Å²) >= 11 is 0. The van der Waals surface area contributed by atoms with Crippen molar-refractivity contribution >= 4 is 0 Å². The lowest BCUT2D eigenvalue weighted by molar-refractivity contribution is -0.172. The molecule has 0 N–H and O–H groups in total. The summed E-state index contributed by atoms with van der Waals surface area (Å²) in [7, 11) is 0. The smallest absolute Gasteiger partial charge is 0.119 e. The molecule has 0 aliphatic carbocycles. The Morgan fingerprint density at radius 1 is 0.645 bits per heavy atom. The summed E-state index contributed by atoms with van der Waals surface area (Å²) in [6, 6.07) is 16.3. The fraction of sp³-hybridized carbons (Fsp3) is 0.538. The molecule has 2 aromatic rings. The van der Waals surface area contributed by atoms with Crippen LogP contribution in [0.5, 0.6) is 11.5 Å². The predicted molar refractivity (Wildman–Crippen MR) is 120 cm³/mol. The summed E-state index contributed by atoms with van der Waals surface area (Å²) in [5.74, 6) is 1.69. The largest absolute Gasteiger partial charge is 0.491 e. The van der Waals surface area contributed by atoms with Crippen molar-refractivity contribution in [2.45, 2.75) is 39.9 Å². The molecule has 2 aliphatic rings. The van der Waals surface area contributed by atoms with E-state index in [9.17, 15) is 0 Å². The van der Waals surface area contributed by atoms with Gasteiger partial charge in [-0.05, 0) is 35.4 Å². The lowest BCUT2D eigenvalue weighted by Crippen LogP contribution is -2.40. The van der Waals surface area contributed by atoms with Crippen molar-refractivity contribution < 1.29 is 23.7 Å². The highest BCUT2D eigenvalue weighted by Gasteiger charge is 2.41. The van der Waals surface area contributed by atoms with Crippen LogP contribution in [0, 0.1) is 10.8 Å². The van der Waals surface area contributed by atoms with E-state index in [4.69, 9.17) is 23.7 Å². The topological polar surface area (TPSA) is 46.2 Å². The Morgan fingerprint density at radius 2 is 1.03 bits per heavy atom. The van der Waals surface area contributed by atoms with Gasteiger partial charge in [0.25, 0.3) is 0 Å². The molecule has 0 amide bonds. The number of rotatable bonds is 10. The molecule has 2 atom stereocenters. The van der Waals surface area contributed by atoms with Crippen molar-refractivity contribution in [3.05, 3.63) is 59.7 Å². The molecule has 31 heavy (non-hydrogen) atoms. The van der Waals surface area contributed by atoms with Crippen LogP contribution in [-0.4, -0.2) is 39.6 Å². The first-order valence-corrected chi connectivity index (χ1v) is 11.1. The van der Waals surface area contributed by atoms with Crippen LogP contribution in [0.15, 0.2) is 48.5 Å². The number of hydrogen-bond acceptors (Lipinski definition) is 5. The average Bonchev–Trinajstić information content (AvgIpc) is 2.74. The molecule has 0 saturated carbocycles. The zero-order valence-electron chi connectivity index (χ0n) is 19.1. The van der Waals surface area contributed by atoms with Crippen LogP contribution in [0.4, 0.5) is 0 Å². The third-order valence-corrected chi connectivity index (χ3v) is 6.02. The van der Waals surface area contributed by atoms with E-state index in [2.05, 4.69) is 52.0 Å². The summed E-state index contributed by atoms with van der Waals surface area (Å²) in [5.41, 5.74) is 2.83. The minimum absolute atomic E-state index is 0.180. The zero-order chi connectivity index (χ0) is 21.9. The van der Waals surface area contributed by atoms with Crippen molar-refractivity contribution in [3.63, 3.8) is 0 Å². The Hall–Kier alpha value is -2.08. The predicted octanol–water partition coefficient (Wildman–Crippen LogP) is 5.36. The third-order valence-electron chi connectivity index (χ3n) is 6.02. The number of hydrogen-bond donors (Lipinski definition) is 0. The highest BCUT2D eigenvalue weighted by molar-refractivity contribution is 5.31. The molecule has 2 unspecified atom stereocenters. The van der Waals surface area contributed by atoms with Gasteiger partial charge in [0.2, 0.25) is 0 Å². The Morgan fingerprint density at radius 3 is 1.32 bits per heavy atom. The summed E-state index contributed by atoms with van der Waals surface area (Å²) in [5, 5.41) is 0. The molecule has 4 rings (SSSR count). The van der Waals surface area contributed by atoms with Gasteiger partial charge < -0.3 is 23.7 Å². The molecule has 2 aliphatic heterocycles. The highest BCUT2D eigenvalue weighted by Crippen LogP contribution is 2.46. The zero-order valence-corrected chi connectivity index (χ0v) is 19.1. The molecule has 2 aromatic carbocycles. The van der Waals surface area contributed by atoms with Crippen LogP contribution in [0.25, 0.3) is 0 Å². The average molecular weight is 427 g/mol. The highest BCUT2D eigenvalue weighted by atomic mass is 16.5. The first-order chi connectivity index (χ1) is 14.9. The van der Waals surface area contributed by atoms with Crippen molar-refractivity contribution in [2.24, 2.45) is 10.8 Å². The van der Waals surface area contributed by atoms with Gasteiger partial charge in [-0.3, -0.25) is 0 Å². The van der Waals surface area contributed by atoms with Gasteiger partial charge in [-0.1, -0.05) is 52.0 Å². The SMILES string of the molecule is CC1(C)COC1c1ccc(OCCOCCOc2ccc(C3OCC3(C)C)cc2)cc1. The Labute approximate surface area is 185 Å². The van der Waals surface area contributed by atoms with Crippen LogP contribution < -0.4 is 9.47 Å². The van der Waals surface area contributed by atoms with Gasteiger partial charge in [0, 0.05) is 10.8 Å². The van der Waals surface area contributed by atoms with Crippen LogP contribution in [0.1, 0.15) is 51.0 Å². The van der Waals surface area contributed by atoms with Gasteiger partial charge in [0.15, 0.2) is 0 Å². The maximum absolute atomic E-state index is 5.76. The van der Waals surface area contributed by atoms with Crippen molar-refractivity contribution in [1.82, 2.24) is 0 Å². The van der Waals surface area contributed by atoms with E-state index in [1.165, 1.54) is 11.1 Å². The molecule has 0 aromatic heterocycles. The fourth-order valence-electron chi connectivity index (χ4n) is 4.11. The molecule has 0 radical (unpaired) electrons. The third kappa shape index (κ3) is 5.22. The van der Waals surface area contributed by atoms with E-state index < -0.39 is 0 Å². The number of benzene rings is 2. The molecule has 5 nitrogen and oxygen atoms in total. The van der Waals surface area contributed by atoms with Gasteiger partial charge in [-0.25, -0.2) is 0 Å². The van der Waals surface area contributed by atoms with Crippen molar-refractivity contribution in [1.29, 1.82) is 0 Å². The monoisotopic (exact) mass is 426 g/mol. The second kappa shape index (κ2) is 9.19. The van der Waals surface area contributed by atoms with Crippen LogP contribution >= 0.6 is 0 Å². The summed E-state index contributed by atoms with van der Waals surface area (Å²) in [6.07, 6.45) is 0.360. The summed E-state index contributed by atoms with van der Waals surface area (Å²) in [6.45, 7) is 12.6. The quantitative estimate of drug-likeness (QED) is 0.479. The normalized spacial score (nSPS) is 23.5. The minimum Gasteiger partial charge on any atom is -0.491 e. The molecule has 0 spiro atoms. The van der Waals surface area contributed by atoms with E-state index in [0.717, 1.165) is 24.7 Å². The van der Waals surface area contributed by atoms with Crippen LogP contribution in [0.2, 0.25) is 0 Å². The van der Waals surface area contributed by atoms with E-state index in [0.29, 0.717) is 26.4 Å². The summed E-state index contributed by atoms with van der Waals surface area (Å²) < 4.78 is 28.5. The van der Waals surface area contributed by atoms with Crippen LogP contribution in [-0.2, 0) is 14.2 Å². The standard InChI is InChI=1S/C26H34O5/c1-25(2)17-30-23(25)19-5-9-21(10-6-19)28-15-13-27-14-16-29-22-11-7-20(8-12-22)24-26(3,4)18-31-24/h5-12,23-24H,13-18H2,1-4H3. The second-order valence-corrected chi connectivity index (χ2v) is 9.81. The van der Waals surface area contributed by atoms with E-state index in [1.54, 1.807) is 0 Å².